The first-order valence-electron chi connectivity index (χ1n) is 5.88. The summed E-state index contributed by atoms with van der Waals surface area (Å²) in [6.45, 7) is 1.96. The molecular weight excluding hydrogens is 276 g/mol. The van der Waals surface area contributed by atoms with Gasteiger partial charge in [0.05, 0.1) is 5.75 Å². The number of aromatic nitrogens is 2. The normalized spacial score (nSPS) is 11.0. The van der Waals surface area contributed by atoms with Gasteiger partial charge in [-0.2, -0.15) is 0 Å². The number of hydrogen-bond donors (Lipinski definition) is 1. The summed E-state index contributed by atoms with van der Waals surface area (Å²) in [7, 11) is 0. The summed E-state index contributed by atoms with van der Waals surface area (Å²) < 4.78 is 0.950. The van der Waals surface area contributed by atoms with Gasteiger partial charge >= 0.3 is 0 Å². The molecule has 2 aromatic heterocycles. The molecule has 2 heterocycles. The summed E-state index contributed by atoms with van der Waals surface area (Å²) in [5, 5.41) is 2.99. The van der Waals surface area contributed by atoms with Crippen molar-refractivity contribution in [3.8, 4) is 0 Å². The third-order valence-corrected chi connectivity index (χ3v) is 4.95. The van der Waals surface area contributed by atoms with Crippen LogP contribution in [0.3, 0.4) is 0 Å². The number of nitrogens with one attached hydrogen (secondary N) is 1. The van der Waals surface area contributed by atoms with Gasteiger partial charge in [0.25, 0.3) is 0 Å². The SMILES string of the molecule is Cc1csc(SCC(=O)c2c[nH]c3ccccc23)n1. The Morgan fingerprint density at radius 1 is 1.42 bits per heavy atom. The Kier molecular flexibility index (Phi) is 3.40. The average molecular weight is 288 g/mol. The van der Waals surface area contributed by atoms with Crippen LogP contribution in [0.4, 0.5) is 0 Å². The van der Waals surface area contributed by atoms with Crippen LogP contribution < -0.4 is 0 Å². The van der Waals surface area contributed by atoms with Gasteiger partial charge in [-0.05, 0) is 13.0 Å². The first-order valence-corrected chi connectivity index (χ1v) is 7.75. The molecule has 0 aliphatic rings. The molecular formula is C14H12N2OS2. The number of aryl methyl sites for hydroxylation is 1. The van der Waals surface area contributed by atoms with E-state index in [1.807, 2.05) is 36.6 Å². The van der Waals surface area contributed by atoms with Crippen molar-refractivity contribution >= 4 is 39.8 Å². The Hall–Kier alpha value is -1.59. The zero-order chi connectivity index (χ0) is 13.2. The second-order valence-corrected chi connectivity index (χ2v) is 6.30. The molecule has 0 aliphatic heterocycles. The van der Waals surface area contributed by atoms with Gasteiger partial charge in [0.15, 0.2) is 10.1 Å². The van der Waals surface area contributed by atoms with Crippen LogP contribution in [0.5, 0.6) is 0 Å². The number of thioether (sulfide) groups is 1. The summed E-state index contributed by atoms with van der Waals surface area (Å²) in [5.41, 5.74) is 2.77. The van der Waals surface area contributed by atoms with Crippen LogP contribution in [-0.4, -0.2) is 21.5 Å². The predicted octanol–water partition coefficient (Wildman–Crippen LogP) is 3.91. The molecule has 0 aliphatic carbocycles. The van der Waals surface area contributed by atoms with Crippen molar-refractivity contribution in [1.29, 1.82) is 0 Å². The Labute approximate surface area is 119 Å². The van der Waals surface area contributed by atoms with Crippen molar-refractivity contribution in [3.63, 3.8) is 0 Å². The standard InChI is InChI=1S/C14H12N2OS2/c1-9-7-18-14(16-9)19-8-13(17)11-6-15-12-5-3-2-4-10(11)12/h2-7,15H,8H2,1H3. The number of H-pyrrole nitrogens is 1. The average Bonchev–Trinajstić information content (AvgIpc) is 3.02. The maximum absolute atomic E-state index is 12.2. The Balaban J connectivity index is 1.77. The van der Waals surface area contributed by atoms with Crippen molar-refractivity contribution in [2.75, 3.05) is 5.75 Å². The number of Topliss-reactive ketones (excluding diaryl/α,β-unsaturated/α-hetero) is 1. The fourth-order valence-corrected chi connectivity index (χ4v) is 3.64. The summed E-state index contributed by atoms with van der Waals surface area (Å²) in [6, 6.07) is 7.85. The molecule has 0 radical (unpaired) electrons. The molecule has 0 amide bonds. The van der Waals surface area contributed by atoms with Gasteiger partial charge in [-0.15, -0.1) is 11.3 Å². The van der Waals surface area contributed by atoms with E-state index in [9.17, 15) is 4.79 Å². The monoisotopic (exact) mass is 288 g/mol. The summed E-state index contributed by atoms with van der Waals surface area (Å²) >= 11 is 3.08. The minimum absolute atomic E-state index is 0.135. The highest BCUT2D eigenvalue weighted by molar-refractivity contribution is 8.01. The lowest BCUT2D eigenvalue weighted by Crippen LogP contribution is -2.01. The van der Waals surface area contributed by atoms with Crippen molar-refractivity contribution in [1.82, 2.24) is 9.97 Å². The number of rotatable bonds is 4. The van der Waals surface area contributed by atoms with Crippen LogP contribution in [0.2, 0.25) is 0 Å². The molecule has 5 heteroatoms. The molecule has 96 valence electrons. The van der Waals surface area contributed by atoms with E-state index in [1.54, 1.807) is 17.5 Å². The maximum atomic E-state index is 12.2. The fourth-order valence-electron chi connectivity index (χ4n) is 1.91. The van der Waals surface area contributed by atoms with Gasteiger partial charge in [-0.1, -0.05) is 30.0 Å². The Morgan fingerprint density at radius 3 is 3.05 bits per heavy atom. The number of carbonyl (C=O) groups excluding carboxylic acids is 1. The lowest BCUT2D eigenvalue weighted by Gasteiger charge is -1.97. The highest BCUT2D eigenvalue weighted by Crippen LogP contribution is 2.25. The quantitative estimate of drug-likeness (QED) is 0.585. The zero-order valence-electron chi connectivity index (χ0n) is 10.3. The number of benzene rings is 1. The largest absolute Gasteiger partial charge is 0.360 e. The molecule has 0 bridgehead atoms. The number of carbonyl (C=O) groups is 1. The second kappa shape index (κ2) is 5.19. The molecule has 3 nitrogen and oxygen atoms in total. The molecule has 1 aromatic carbocycles. The molecule has 3 aromatic rings. The van der Waals surface area contributed by atoms with E-state index in [4.69, 9.17) is 0 Å². The minimum atomic E-state index is 0.135. The molecule has 0 fully saturated rings. The van der Waals surface area contributed by atoms with E-state index in [2.05, 4.69) is 9.97 Å². The number of fused-ring (bicyclic) bond motifs is 1. The molecule has 3 rings (SSSR count). The number of hydrogen-bond acceptors (Lipinski definition) is 4. The number of para-hydroxylation sites is 1. The molecule has 19 heavy (non-hydrogen) atoms. The van der Waals surface area contributed by atoms with Crippen molar-refractivity contribution in [3.05, 3.63) is 47.1 Å². The maximum Gasteiger partial charge on any atom is 0.175 e. The van der Waals surface area contributed by atoms with Crippen molar-refractivity contribution in [2.45, 2.75) is 11.3 Å². The van der Waals surface area contributed by atoms with Gasteiger partial charge < -0.3 is 4.98 Å². The van der Waals surface area contributed by atoms with Crippen molar-refractivity contribution < 1.29 is 4.79 Å². The van der Waals surface area contributed by atoms with Crippen LogP contribution in [0, 0.1) is 6.92 Å². The van der Waals surface area contributed by atoms with E-state index < -0.39 is 0 Å². The summed E-state index contributed by atoms with van der Waals surface area (Å²) in [5.74, 6) is 0.560. The topological polar surface area (TPSA) is 45.8 Å². The zero-order valence-corrected chi connectivity index (χ0v) is 12.0. The predicted molar refractivity (Wildman–Crippen MR) is 80.2 cm³/mol. The van der Waals surface area contributed by atoms with Crippen LogP contribution >= 0.6 is 23.1 Å². The molecule has 1 N–H and O–H groups in total. The van der Waals surface area contributed by atoms with Gasteiger partial charge in [0.1, 0.15) is 0 Å². The number of thiazole rings is 1. The first-order chi connectivity index (χ1) is 9.24. The Morgan fingerprint density at radius 2 is 2.26 bits per heavy atom. The minimum Gasteiger partial charge on any atom is -0.360 e. The van der Waals surface area contributed by atoms with Crippen LogP contribution in [0.1, 0.15) is 16.1 Å². The van der Waals surface area contributed by atoms with Gasteiger partial charge in [-0.3, -0.25) is 4.79 Å². The molecule has 0 saturated heterocycles. The van der Waals surface area contributed by atoms with Gasteiger partial charge in [0.2, 0.25) is 0 Å². The van der Waals surface area contributed by atoms with E-state index in [1.165, 1.54) is 11.8 Å². The lowest BCUT2D eigenvalue weighted by atomic mass is 10.1. The molecule has 0 atom stereocenters. The van der Waals surface area contributed by atoms with E-state index in [-0.39, 0.29) is 5.78 Å². The third-order valence-electron chi connectivity index (χ3n) is 2.81. The smallest absolute Gasteiger partial charge is 0.175 e. The van der Waals surface area contributed by atoms with E-state index in [0.29, 0.717) is 5.75 Å². The van der Waals surface area contributed by atoms with Crippen LogP contribution in [0.25, 0.3) is 10.9 Å². The van der Waals surface area contributed by atoms with E-state index >= 15 is 0 Å². The van der Waals surface area contributed by atoms with Crippen LogP contribution in [-0.2, 0) is 0 Å². The lowest BCUT2D eigenvalue weighted by molar-refractivity contribution is 0.102. The van der Waals surface area contributed by atoms with Gasteiger partial charge in [0, 0.05) is 33.7 Å². The molecule has 0 unspecified atom stereocenters. The number of nitrogens with zero attached hydrogens (tertiary/aromatic N) is 1. The fraction of sp³-hybridized carbons (Fsp3) is 0.143. The summed E-state index contributed by atoms with van der Waals surface area (Å²) in [6.07, 6.45) is 1.79. The number of aromatic amines is 1. The van der Waals surface area contributed by atoms with Gasteiger partial charge in [-0.25, -0.2) is 4.98 Å². The molecule has 0 spiro atoms. The highest BCUT2D eigenvalue weighted by atomic mass is 32.2. The first kappa shape index (κ1) is 12.4. The van der Waals surface area contributed by atoms with Crippen LogP contribution in [0.15, 0.2) is 40.2 Å². The third kappa shape index (κ3) is 2.57. The summed E-state index contributed by atoms with van der Waals surface area (Å²) in [4.78, 5) is 19.7. The highest BCUT2D eigenvalue weighted by Gasteiger charge is 2.12. The Bertz CT molecular complexity index is 730. The second-order valence-electron chi connectivity index (χ2n) is 4.21. The van der Waals surface area contributed by atoms with Crippen molar-refractivity contribution in [2.24, 2.45) is 0 Å². The molecule has 0 saturated carbocycles. The number of ketones is 1. The van der Waals surface area contributed by atoms with E-state index in [0.717, 1.165) is 26.5 Å².